The van der Waals surface area contributed by atoms with Gasteiger partial charge in [0, 0.05) is 30.4 Å². The third-order valence-corrected chi connectivity index (χ3v) is 4.33. The molecule has 0 radical (unpaired) electrons. The van der Waals surface area contributed by atoms with Crippen molar-refractivity contribution in [1.82, 2.24) is 24.9 Å². The molecule has 4 rings (SSSR count). The van der Waals surface area contributed by atoms with E-state index >= 15 is 0 Å². The number of aromatic nitrogens is 5. The Kier molecular flexibility index (Phi) is 3.76. The highest BCUT2D eigenvalue weighted by Gasteiger charge is 2.10. The third kappa shape index (κ3) is 2.89. The molecular weight excluding hydrogens is 325 g/mol. The van der Waals surface area contributed by atoms with Gasteiger partial charge in [0.05, 0.1) is 16.8 Å². The van der Waals surface area contributed by atoms with Crippen molar-refractivity contribution < 1.29 is 4.39 Å². The lowest BCUT2D eigenvalue weighted by Crippen LogP contribution is -1.91. The van der Waals surface area contributed by atoms with Gasteiger partial charge in [0.25, 0.3) is 0 Å². The highest BCUT2D eigenvalue weighted by molar-refractivity contribution is 7.18. The molecule has 5 nitrogen and oxygen atoms in total. The van der Waals surface area contributed by atoms with E-state index in [1.807, 2.05) is 18.2 Å². The van der Waals surface area contributed by atoms with Crippen molar-refractivity contribution in [2.24, 2.45) is 0 Å². The van der Waals surface area contributed by atoms with Gasteiger partial charge in [0.15, 0.2) is 5.82 Å². The molecule has 0 fully saturated rings. The maximum atomic E-state index is 13.3. The Morgan fingerprint density at radius 2 is 1.71 bits per heavy atom. The van der Waals surface area contributed by atoms with E-state index in [1.165, 1.54) is 23.6 Å². The van der Waals surface area contributed by atoms with E-state index in [4.69, 9.17) is 0 Å². The smallest absolute Gasteiger partial charge is 0.178 e. The van der Waals surface area contributed by atoms with Crippen molar-refractivity contribution in [3.63, 3.8) is 0 Å². The molecule has 116 valence electrons. The largest absolute Gasteiger partial charge is 0.261 e. The Balaban J connectivity index is 1.70. The van der Waals surface area contributed by atoms with Gasteiger partial charge in [-0.2, -0.15) is 0 Å². The summed E-state index contributed by atoms with van der Waals surface area (Å²) in [5.74, 6) is 0.189. The van der Waals surface area contributed by atoms with Gasteiger partial charge >= 0.3 is 0 Å². The van der Waals surface area contributed by atoms with Crippen LogP contribution in [-0.2, 0) is 0 Å². The van der Waals surface area contributed by atoms with E-state index < -0.39 is 0 Å². The molecule has 0 bridgehead atoms. The van der Waals surface area contributed by atoms with E-state index in [-0.39, 0.29) is 5.82 Å². The molecule has 0 N–H and O–H groups in total. The maximum Gasteiger partial charge on any atom is 0.178 e. The van der Waals surface area contributed by atoms with Crippen LogP contribution in [0.5, 0.6) is 0 Å². The summed E-state index contributed by atoms with van der Waals surface area (Å²) in [6.07, 6.45) is 7.84. The molecule has 0 aliphatic rings. The molecule has 0 atom stereocenters. The standard InChI is InChI=1S/C17H10FN5S/c18-12-7-11(8-19-9-12)15-10-22-17(24-15)14-4-1-3-13(23-14)16-20-5-2-6-21-16/h1-10H. The van der Waals surface area contributed by atoms with Crippen LogP contribution in [0.15, 0.2) is 61.3 Å². The molecule has 0 aliphatic heterocycles. The van der Waals surface area contributed by atoms with Crippen LogP contribution in [0.2, 0.25) is 0 Å². The Bertz CT molecular complexity index is 987. The van der Waals surface area contributed by atoms with Crippen molar-refractivity contribution in [1.29, 1.82) is 0 Å². The van der Waals surface area contributed by atoms with Gasteiger partial charge in [-0.05, 0) is 24.3 Å². The van der Waals surface area contributed by atoms with Crippen molar-refractivity contribution in [3.8, 4) is 32.7 Å². The quantitative estimate of drug-likeness (QED) is 0.569. The van der Waals surface area contributed by atoms with Gasteiger partial charge in [-0.25, -0.2) is 24.3 Å². The minimum atomic E-state index is -0.371. The minimum absolute atomic E-state index is 0.371. The van der Waals surface area contributed by atoms with Crippen LogP contribution in [0.4, 0.5) is 4.39 Å². The zero-order chi connectivity index (χ0) is 16.4. The topological polar surface area (TPSA) is 64.5 Å². The first-order valence-electron chi connectivity index (χ1n) is 7.11. The second-order valence-electron chi connectivity index (χ2n) is 4.90. The number of rotatable bonds is 3. The molecule has 0 aromatic carbocycles. The molecule has 24 heavy (non-hydrogen) atoms. The second-order valence-corrected chi connectivity index (χ2v) is 5.93. The SMILES string of the molecule is Fc1cncc(-c2cnc(-c3cccc(-c4ncccn4)n3)s2)c1. The maximum absolute atomic E-state index is 13.3. The van der Waals surface area contributed by atoms with Crippen LogP contribution < -0.4 is 0 Å². The lowest BCUT2D eigenvalue weighted by atomic mass is 10.2. The summed E-state index contributed by atoms with van der Waals surface area (Å²) in [6, 6.07) is 8.81. The summed E-state index contributed by atoms with van der Waals surface area (Å²) in [4.78, 5) is 22.1. The fourth-order valence-corrected chi connectivity index (χ4v) is 3.05. The molecule has 0 saturated heterocycles. The molecule has 0 aliphatic carbocycles. The van der Waals surface area contributed by atoms with Crippen LogP contribution in [0, 0.1) is 5.82 Å². The monoisotopic (exact) mass is 335 g/mol. The second kappa shape index (κ2) is 6.21. The normalized spacial score (nSPS) is 10.7. The van der Waals surface area contributed by atoms with Crippen LogP contribution >= 0.6 is 11.3 Å². The van der Waals surface area contributed by atoms with E-state index in [0.29, 0.717) is 17.1 Å². The molecule has 7 heteroatoms. The van der Waals surface area contributed by atoms with Gasteiger partial charge in [0.1, 0.15) is 16.5 Å². The Morgan fingerprint density at radius 1 is 0.875 bits per heavy atom. The predicted molar refractivity (Wildman–Crippen MR) is 89.6 cm³/mol. The van der Waals surface area contributed by atoms with E-state index in [1.54, 1.807) is 30.9 Å². The van der Waals surface area contributed by atoms with Gasteiger partial charge < -0.3 is 0 Å². The summed E-state index contributed by atoms with van der Waals surface area (Å²) in [6.45, 7) is 0. The van der Waals surface area contributed by atoms with E-state index in [9.17, 15) is 4.39 Å². The summed E-state index contributed by atoms with van der Waals surface area (Å²) < 4.78 is 13.3. The Morgan fingerprint density at radius 3 is 2.54 bits per heavy atom. The Hall–Kier alpha value is -3.06. The van der Waals surface area contributed by atoms with Gasteiger partial charge in [-0.1, -0.05) is 6.07 Å². The predicted octanol–water partition coefficient (Wildman–Crippen LogP) is 3.86. The Labute approximate surface area is 141 Å². The zero-order valence-electron chi connectivity index (χ0n) is 12.3. The number of halogens is 1. The van der Waals surface area contributed by atoms with Crippen molar-refractivity contribution in [2.75, 3.05) is 0 Å². The number of pyridine rings is 2. The molecule has 0 spiro atoms. The van der Waals surface area contributed by atoms with Gasteiger partial charge in [0.2, 0.25) is 0 Å². The summed E-state index contributed by atoms with van der Waals surface area (Å²) >= 11 is 1.43. The highest BCUT2D eigenvalue weighted by atomic mass is 32.1. The van der Waals surface area contributed by atoms with Crippen LogP contribution in [0.3, 0.4) is 0 Å². The van der Waals surface area contributed by atoms with E-state index in [2.05, 4.69) is 24.9 Å². The van der Waals surface area contributed by atoms with Gasteiger partial charge in [-0.3, -0.25) is 4.98 Å². The first-order chi connectivity index (χ1) is 11.8. The summed E-state index contributed by atoms with van der Waals surface area (Å²) in [7, 11) is 0. The lowest BCUT2D eigenvalue weighted by Gasteiger charge is -2.00. The fraction of sp³-hybridized carbons (Fsp3) is 0. The van der Waals surface area contributed by atoms with Crippen LogP contribution in [0.25, 0.3) is 32.7 Å². The molecular formula is C17H10FN5S. The zero-order valence-corrected chi connectivity index (χ0v) is 13.1. The highest BCUT2D eigenvalue weighted by Crippen LogP contribution is 2.31. The number of thiazole rings is 1. The molecule has 0 saturated carbocycles. The van der Waals surface area contributed by atoms with Crippen molar-refractivity contribution in [2.45, 2.75) is 0 Å². The average molecular weight is 335 g/mol. The number of nitrogens with zero attached hydrogens (tertiary/aromatic N) is 5. The fourth-order valence-electron chi connectivity index (χ4n) is 2.18. The number of hydrogen-bond acceptors (Lipinski definition) is 6. The molecule has 0 amide bonds. The average Bonchev–Trinajstić information content (AvgIpc) is 3.13. The van der Waals surface area contributed by atoms with Gasteiger partial charge in [-0.15, -0.1) is 11.3 Å². The van der Waals surface area contributed by atoms with E-state index in [0.717, 1.165) is 15.6 Å². The number of hydrogen-bond donors (Lipinski definition) is 0. The van der Waals surface area contributed by atoms with Crippen LogP contribution in [-0.4, -0.2) is 24.9 Å². The molecule has 4 heterocycles. The minimum Gasteiger partial charge on any atom is -0.261 e. The molecule has 0 unspecified atom stereocenters. The first-order valence-corrected chi connectivity index (χ1v) is 7.93. The van der Waals surface area contributed by atoms with Crippen molar-refractivity contribution in [3.05, 3.63) is 67.1 Å². The van der Waals surface area contributed by atoms with Crippen molar-refractivity contribution >= 4 is 11.3 Å². The summed E-state index contributed by atoms with van der Waals surface area (Å²) in [5.41, 5.74) is 2.10. The third-order valence-electron chi connectivity index (χ3n) is 3.26. The molecule has 4 aromatic rings. The van der Waals surface area contributed by atoms with Crippen LogP contribution in [0.1, 0.15) is 0 Å². The summed E-state index contributed by atoms with van der Waals surface area (Å²) in [5, 5.41) is 0.743. The molecule has 4 aromatic heterocycles. The first kappa shape index (κ1) is 14.5. The lowest BCUT2D eigenvalue weighted by molar-refractivity contribution is 0.622.